The monoisotopic (exact) mass is 379 g/mol. The molecule has 6 nitrogen and oxygen atoms in total. The van der Waals surface area contributed by atoms with Crippen molar-refractivity contribution in [1.82, 2.24) is 9.88 Å². The van der Waals surface area contributed by atoms with Gasteiger partial charge in [0.1, 0.15) is 17.2 Å². The van der Waals surface area contributed by atoms with Crippen molar-refractivity contribution in [3.05, 3.63) is 66.0 Å². The third-order valence-electron chi connectivity index (χ3n) is 4.13. The lowest BCUT2D eigenvalue weighted by Gasteiger charge is -2.24. The van der Waals surface area contributed by atoms with Gasteiger partial charge >= 0.3 is 6.09 Å². The molecule has 1 aromatic heterocycles. The van der Waals surface area contributed by atoms with Gasteiger partial charge in [0.05, 0.1) is 20.2 Å². The van der Waals surface area contributed by atoms with Crippen LogP contribution in [0.15, 0.2) is 59.9 Å². The number of amidine groups is 1. The standard InChI is InChI=1S/C22H25N3O3/c1-22(2,3)28-21(26)25-13-12-24-20(25)15-19(16-8-10-23-11-9-16)17-6-5-7-18(14-17)27-4/h5-11,14-15H,12-13H2,1-4H3. The maximum Gasteiger partial charge on any atom is 0.416 e. The summed E-state index contributed by atoms with van der Waals surface area (Å²) >= 11 is 0. The van der Waals surface area contributed by atoms with Gasteiger partial charge in [0, 0.05) is 12.4 Å². The van der Waals surface area contributed by atoms with E-state index >= 15 is 0 Å². The Bertz CT molecular complexity index is 899. The Morgan fingerprint density at radius 2 is 1.89 bits per heavy atom. The van der Waals surface area contributed by atoms with Crippen LogP contribution in [0.25, 0.3) is 5.57 Å². The molecule has 1 aliphatic rings. The highest BCUT2D eigenvalue weighted by Crippen LogP contribution is 2.27. The lowest BCUT2D eigenvalue weighted by Crippen LogP contribution is -2.38. The summed E-state index contributed by atoms with van der Waals surface area (Å²) in [6.07, 6.45) is 5.01. The van der Waals surface area contributed by atoms with Crippen LogP contribution in [0, 0.1) is 0 Å². The Labute approximate surface area is 165 Å². The molecule has 1 aromatic carbocycles. The lowest BCUT2D eigenvalue weighted by molar-refractivity contribution is 0.0385. The van der Waals surface area contributed by atoms with Crippen molar-refractivity contribution in [2.24, 2.45) is 4.99 Å². The number of hydrogen-bond donors (Lipinski definition) is 0. The third kappa shape index (κ3) is 4.76. The number of amides is 1. The molecule has 1 amide bonds. The number of rotatable bonds is 4. The van der Waals surface area contributed by atoms with Crippen LogP contribution in [0.5, 0.6) is 5.75 Å². The highest BCUT2D eigenvalue weighted by atomic mass is 16.6. The molecule has 0 unspecified atom stereocenters. The molecule has 0 bridgehead atoms. The fraction of sp³-hybridized carbons (Fsp3) is 0.318. The van der Waals surface area contributed by atoms with Crippen molar-refractivity contribution in [3.8, 4) is 5.75 Å². The van der Waals surface area contributed by atoms with Crippen LogP contribution >= 0.6 is 0 Å². The quantitative estimate of drug-likeness (QED) is 0.800. The average Bonchev–Trinajstić information content (AvgIpc) is 3.14. The number of aliphatic imine (C=N–C) groups is 1. The minimum Gasteiger partial charge on any atom is -0.497 e. The number of ether oxygens (including phenoxy) is 2. The molecule has 146 valence electrons. The topological polar surface area (TPSA) is 64.0 Å². The van der Waals surface area contributed by atoms with E-state index in [-0.39, 0.29) is 6.09 Å². The van der Waals surface area contributed by atoms with Crippen LogP contribution in [0.3, 0.4) is 0 Å². The Morgan fingerprint density at radius 3 is 2.57 bits per heavy atom. The number of aromatic nitrogens is 1. The van der Waals surface area contributed by atoms with E-state index < -0.39 is 5.60 Å². The summed E-state index contributed by atoms with van der Waals surface area (Å²) < 4.78 is 10.9. The highest BCUT2D eigenvalue weighted by molar-refractivity contribution is 6.09. The smallest absolute Gasteiger partial charge is 0.416 e. The molecule has 28 heavy (non-hydrogen) atoms. The van der Waals surface area contributed by atoms with Gasteiger partial charge in [0.25, 0.3) is 0 Å². The average molecular weight is 379 g/mol. The molecule has 1 aliphatic heterocycles. The van der Waals surface area contributed by atoms with Crippen molar-refractivity contribution in [3.63, 3.8) is 0 Å². The van der Waals surface area contributed by atoms with Crippen molar-refractivity contribution in [2.75, 3.05) is 20.2 Å². The second kappa shape index (κ2) is 8.25. The minimum atomic E-state index is -0.560. The van der Waals surface area contributed by atoms with Gasteiger partial charge in [-0.1, -0.05) is 12.1 Å². The number of carbonyl (C=O) groups excluding carboxylic acids is 1. The van der Waals surface area contributed by atoms with Crippen molar-refractivity contribution >= 4 is 17.5 Å². The number of pyridine rings is 1. The van der Waals surface area contributed by atoms with E-state index in [2.05, 4.69) is 9.98 Å². The van der Waals surface area contributed by atoms with Crippen LogP contribution in [0.4, 0.5) is 4.79 Å². The molecule has 0 saturated heterocycles. The lowest BCUT2D eigenvalue weighted by atomic mass is 9.98. The molecule has 0 atom stereocenters. The number of benzene rings is 1. The Kier molecular flexibility index (Phi) is 5.78. The minimum absolute atomic E-state index is 0.389. The largest absolute Gasteiger partial charge is 0.497 e. The normalized spacial score (nSPS) is 14.6. The summed E-state index contributed by atoms with van der Waals surface area (Å²) in [5.74, 6) is 1.35. The maximum atomic E-state index is 12.6. The van der Waals surface area contributed by atoms with Gasteiger partial charge in [-0.3, -0.25) is 14.9 Å². The van der Waals surface area contributed by atoms with Crippen LogP contribution in [-0.4, -0.2) is 47.6 Å². The molecule has 2 aromatic rings. The first-order chi connectivity index (χ1) is 13.4. The number of hydrogen-bond acceptors (Lipinski definition) is 5. The zero-order valence-electron chi connectivity index (χ0n) is 16.7. The van der Waals surface area contributed by atoms with Gasteiger partial charge in [0.15, 0.2) is 0 Å². The van der Waals surface area contributed by atoms with E-state index in [9.17, 15) is 4.79 Å². The van der Waals surface area contributed by atoms with E-state index in [0.29, 0.717) is 18.9 Å². The first-order valence-corrected chi connectivity index (χ1v) is 9.19. The van der Waals surface area contributed by atoms with Crippen molar-refractivity contribution in [2.45, 2.75) is 26.4 Å². The maximum absolute atomic E-state index is 12.6. The fourth-order valence-corrected chi connectivity index (χ4v) is 2.87. The molecule has 0 radical (unpaired) electrons. The summed E-state index contributed by atoms with van der Waals surface area (Å²) in [5, 5.41) is 0. The van der Waals surface area contributed by atoms with Gasteiger partial charge in [-0.05, 0) is 67.8 Å². The number of methoxy groups -OCH3 is 1. The van der Waals surface area contributed by atoms with Crippen LogP contribution in [0.2, 0.25) is 0 Å². The van der Waals surface area contributed by atoms with Gasteiger partial charge in [0.2, 0.25) is 0 Å². The zero-order valence-corrected chi connectivity index (χ0v) is 16.7. The predicted octanol–water partition coefficient (Wildman–Crippen LogP) is 4.17. The second-order valence-corrected chi connectivity index (χ2v) is 7.40. The molecule has 2 heterocycles. The number of carbonyl (C=O) groups is 1. The third-order valence-corrected chi connectivity index (χ3v) is 4.13. The molecule has 3 rings (SSSR count). The molecule has 0 fully saturated rings. The van der Waals surface area contributed by atoms with Gasteiger partial charge in [-0.2, -0.15) is 0 Å². The molecule has 0 N–H and O–H groups in total. The predicted molar refractivity (Wildman–Crippen MR) is 110 cm³/mol. The van der Waals surface area contributed by atoms with Crippen LogP contribution in [0.1, 0.15) is 31.9 Å². The van der Waals surface area contributed by atoms with E-state index in [4.69, 9.17) is 9.47 Å². The summed E-state index contributed by atoms with van der Waals surface area (Å²) in [5.41, 5.74) is 2.30. The summed E-state index contributed by atoms with van der Waals surface area (Å²) in [6.45, 7) is 6.61. The zero-order chi connectivity index (χ0) is 20.1. The van der Waals surface area contributed by atoms with E-state index in [1.54, 1.807) is 24.4 Å². The molecule has 0 aliphatic carbocycles. The van der Waals surface area contributed by atoms with Crippen molar-refractivity contribution < 1.29 is 14.3 Å². The van der Waals surface area contributed by atoms with Gasteiger partial charge in [-0.15, -0.1) is 0 Å². The first kappa shape index (κ1) is 19.6. The fourth-order valence-electron chi connectivity index (χ4n) is 2.87. The van der Waals surface area contributed by atoms with E-state index in [0.717, 1.165) is 22.4 Å². The molecule has 0 spiro atoms. The summed E-state index contributed by atoms with van der Waals surface area (Å²) in [6, 6.07) is 11.7. The van der Waals surface area contributed by atoms with E-state index in [1.165, 1.54) is 0 Å². The Hall–Kier alpha value is -3.15. The van der Waals surface area contributed by atoms with Crippen LogP contribution < -0.4 is 4.74 Å². The Balaban J connectivity index is 2.00. The Morgan fingerprint density at radius 1 is 1.14 bits per heavy atom. The molecule has 0 saturated carbocycles. The number of nitrogens with zero attached hydrogens (tertiary/aromatic N) is 3. The highest BCUT2D eigenvalue weighted by Gasteiger charge is 2.28. The summed E-state index contributed by atoms with van der Waals surface area (Å²) in [7, 11) is 1.64. The van der Waals surface area contributed by atoms with Crippen LogP contribution in [-0.2, 0) is 4.74 Å². The molecule has 6 heteroatoms. The second-order valence-electron chi connectivity index (χ2n) is 7.40. The molecular weight excluding hydrogens is 354 g/mol. The van der Waals surface area contributed by atoms with E-state index in [1.807, 2.05) is 63.2 Å². The SMILES string of the molecule is COc1cccc(C(=CC2=NCCN2C(=O)OC(C)(C)C)c2ccncc2)c1. The first-order valence-electron chi connectivity index (χ1n) is 9.19. The summed E-state index contributed by atoms with van der Waals surface area (Å²) in [4.78, 5) is 22.8. The van der Waals surface area contributed by atoms with Gasteiger partial charge in [-0.25, -0.2) is 4.79 Å². The van der Waals surface area contributed by atoms with Gasteiger partial charge < -0.3 is 9.47 Å². The molecular formula is C22H25N3O3. The van der Waals surface area contributed by atoms with Crippen molar-refractivity contribution in [1.29, 1.82) is 0 Å².